The molecule has 0 radical (unpaired) electrons. The van der Waals surface area contributed by atoms with Gasteiger partial charge in [-0.15, -0.1) is 0 Å². The molecular formula is C19H27N5O. The van der Waals surface area contributed by atoms with Gasteiger partial charge in [-0.25, -0.2) is 9.97 Å². The van der Waals surface area contributed by atoms with E-state index in [4.69, 9.17) is 4.98 Å². The number of aryl methyl sites for hydroxylation is 1. The quantitative estimate of drug-likeness (QED) is 0.842. The van der Waals surface area contributed by atoms with Crippen LogP contribution in [0.25, 0.3) is 11.4 Å². The van der Waals surface area contributed by atoms with Gasteiger partial charge in [0.25, 0.3) is 0 Å². The molecule has 1 saturated heterocycles. The Morgan fingerprint density at radius 2 is 2.00 bits per heavy atom. The summed E-state index contributed by atoms with van der Waals surface area (Å²) < 4.78 is 2.02. The van der Waals surface area contributed by atoms with Crippen molar-refractivity contribution < 1.29 is 4.79 Å². The number of hydrogen-bond acceptors (Lipinski definition) is 4. The van der Waals surface area contributed by atoms with Crippen LogP contribution in [0, 0.1) is 12.3 Å². The normalized spacial score (nSPS) is 18.4. The third-order valence-corrected chi connectivity index (χ3v) is 4.90. The standard InChI is InChI=1S/C19H27N5O/c1-13-21-11-17(23(13)5)16-10-20-9-15(22-16)14-7-6-8-24(12-14)18(25)19(2,3)4/h9-11,14H,6-8,12H2,1-5H3. The Kier molecular flexibility index (Phi) is 4.62. The van der Waals surface area contributed by atoms with Crippen molar-refractivity contribution in [3.63, 3.8) is 0 Å². The summed E-state index contributed by atoms with van der Waals surface area (Å²) in [6.45, 7) is 9.45. The number of carbonyl (C=O) groups excluding carboxylic acids is 1. The molecule has 0 bridgehead atoms. The van der Waals surface area contributed by atoms with Crippen LogP contribution >= 0.6 is 0 Å². The molecule has 0 aromatic carbocycles. The fraction of sp³-hybridized carbons (Fsp3) is 0.579. The number of aromatic nitrogens is 4. The Bertz CT molecular complexity index is 774. The van der Waals surface area contributed by atoms with E-state index in [0.29, 0.717) is 0 Å². The first-order valence-corrected chi connectivity index (χ1v) is 8.87. The van der Waals surface area contributed by atoms with Crippen LogP contribution in [-0.4, -0.2) is 43.4 Å². The Labute approximate surface area is 149 Å². The van der Waals surface area contributed by atoms with Gasteiger partial charge in [-0.3, -0.25) is 9.78 Å². The van der Waals surface area contributed by atoms with Crippen molar-refractivity contribution in [2.75, 3.05) is 13.1 Å². The number of piperidine rings is 1. The van der Waals surface area contributed by atoms with Crippen molar-refractivity contribution in [2.24, 2.45) is 12.5 Å². The summed E-state index contributed by atoms with van der Waals surface area (Å²) in [5.74, 6) is 1.40. The highest BCUT2D eigenvalue weighted by Crippen LogP contribution is 2.29. The molecule has 2 aromatic rings. The van der Waals surface area contributed by atoms with E-state index in [1.807, 2.05) is 56.6 Å². The molecule has 1 fully saturated rings. The first-order chi connectivity index (χ1) is 11.8. The minimum Gasteiger partial charge on any atom is -0.342 e. The summed E-state index contributed by atoms with van der Waals surface area (Å²) >= 11 is 0. The smallest absolute Gasteiger partial charge is 0.227 e. The maximum Gasteiger partial charge on any atom is 0.227 e. The molecule has 6 nitrogen and oxygen atoms in total. The van der Waals surface area contributed by atoms with Crippen molar-refractivity contribution in [1.82, 2.24) is 24.4 Å². The highest BCUT2D eigenvalue weighted by Gasteiger charge is 2.32. The number of imidazole rings is 1. The maximum atomic E-state index is 12.6. The van der Waals surface area contributed by atoms with Gasteiger partial charge in [0.05, 0.1) is 23.8 Å². The molecule has 0 N–H and O–H groups in total. The number of carbonyl (C=O) groups is 1. The Balaban J connectivity index is 1.83. The minimum absolute atomic E-state index is 0.212. The van der Waals surface area contributed by atoms with E-state index in [2.05, 4.69) is 9.97 Å². The molecule has 1 aliphatic rings. The monoisotopic (exact) mass is 341 g/mol. The summed E-state index contributed by atoms with van der Waals surface area (Å²) in [5.41, 5.74) is 2.41. The molecule has 1 unspecified atom stereocenters. The molecule has 0 aliphatic carbocycles. The predicted octanol–water partition coefficient (Wildman–Crippen LogP) is 2.94. The Hall–Kier alpha value is -2.24. The molecule has 25 heavy (non-hydrogen) atoms. The third-order valence-electron chi connectivity index (χ3n) is 4.90. The third kappa shape index (κ3) is 3.57. The summed E-state index contributed by atoms with van der Waals surface area (Å²) in [6, 6.07) is 0. The lowest BCUT2D eigenvalue weighted by atomic mass is 9.90. The van der Waals surface area contributed by atoms with Gasteiger partial charge in [0, 0.05) is 37.7 Å². The highest BCUT2D eigenvalue weighted by atomic mass is 16.2. The number of nitrogens with zero attached hydrogens (tertiary/aromatic N) is 5. The molecule has 0 spiro atoms. The van der Waals surface area contributed by atoms with Gasteiger partial charge in [0.2, 0.25) is 5.91 Å². The van der Waals surface area contributed by atoms with E-state index < -0.39 is 0 Å². The van der Waals surface area contributed by atoms with Crippen LogP contribution < -0.4 is 0 Å². The number of rotatable bonds is 2. The Morgan fingerprint density at radius 1 is 1.24 bits per heavy atom. The second kappa shape index (κ2) is 6.58. The molecule has 1 amide bonds. The van der Waals surface area contributed by atoms with Crippen molar-refractivity contribution in [1.29, 1.82) is 0 Å². The maximum absolute atomic E-state index is 12.6. The molecule has 6 heteroatoms. The van der Waals surface area contributed by atoms with E-state index in [9.17, 15) is 4.79 Å². The zero-order valence-corrected chi connectivity index (χ0v) is 15.8. The largest absolute Gasteiger partial charge is 0.342 e. The van der Waals surface area contributed by atoms with E-state index in [1.165, 1.54) is 0 Å². The number of hydrogen-bond donors (Lipinski definition) is 0. The zero-order valence-electron chi connectivity index (χ0n) is 15.8. The van der Waals surface area contributed by atoms with Gasteiger partial charge in [0.15, 0.2) is 0 Å². The van der Waals surface area contributed by atoms with Gasteiger partial charge < -0.3 is 9.47 Å². The molecule has 1 aliphatic heterocycles. The first-order valence-electron chi connectivity index (χ1n) is 8.87. The summed E-state index contributed by atoms with van der Waals surface area (Å²) in [6.07, 6.45) is 7.49. The van der Waals surface area contributed by atoms with E-state index in [0.717, 1.165) is 48.8 Å². The average Bonchev–Trinajstić information content (AvgIpc) is 2.93. The van der Waals surface area contributed by atoms with Crippen LogP contribution in [0.4, 0.5) is 0 Å². The van der Waals surface area contributed by atoms with Crippen LogP contribution in [0.2, 0.25) is 0 Å². The lowest BCUT2D eigenvalue weighted by Crippen LogP contribution is -2.44. The van der Waals surface area contributed by atoms with Crippen molar-refractivity contribution in [3.05, 3.63) is 30.1 Å². The Morgan fingerprint density at radius 3 is 2.64 bits per heavy atom. The lowest BCUT2D eigenvalue weighted by Gasteiger charge is -2.36. The predicted molar refractivity (Wildman–Crippen MR) is 97.0 cm³/mol. The molecule has 3 heterocycles. The summed E-state index contributed by atoms with van der Waals surface area (Å²) in [7, 11) is 1.98. The van der Waals surface area contributed by atoms with Crippen LogP contribution in [0.3, 0.4) is 0 Å². The molecule has 0 saturated carbocycles. The second-order valence-corrected chi connectivity index (χ2v) is 7.92. The van der Waals surface area contributed by atoms with Gasteiger partial charge in [0.1, 0.15) is 11.5 Å². The zero-order chi connectivity index (χ0) is 18.2. The van der Waals surface area contributed by atoms with E-state index in [-0.39, 0.29) is 17.2 Å². The molecule has 2 aromatic heterocycles. The van der Waals surface area contributed by atoms with Crippen molar-refractivity contribution in [2.45, 2.75) is 46.5 Å². The van der Waals surface area contributed by atoms with Crippen LogP contribution in [0.1, 0.15) is 51.0 Å². The van der Waals surface area contributed by atoms with E-state index >= 15 is 0 Å². The van der Waals surface area contributed by atoms with Gasteiger partial charge in [-0.05, 0) is 19.8 Å². The first kappa shape index (κ1) is 17.6. The number of likely N-dealkylation sites (tertiary alicyclic amines) is 1. The minimum atomic E-state index is -0.346. The van der Waals surface area contributed by atoms with Crippen LogP contribution in [-0.2, 0) is 11.8 Å². The summed E-state index contributed by atoms with van der Waals surface area (Å²) in [5, 5.41) is 0. The van der Waals surface area contributed by atoms with Crippen LogP contribution in [0.15, 0.2) is 18.6 Å². The van der Waals surface area contributed by atoms with E-state index in [1.54, 1.807) is 6.20 Å². The fourth-order valence-corrected chi connectivity index (χ4v) is 3.32. The van der Waals surface area contributed by atoms with Gasteiger partial charge >= 0.3 is 0 Å². The second-order valence-electron chi connectivity index (χ2n) is 7.92. The molecular weight excluding hydrogens is 314 g/mol. The van der Waals surface area contributed by atoms with Gasteiger partial charge in [-0.1, -0.05) is 20.8 Å². The summed E-state index contributed by atoms with van der Waals surface area (Å²) in [4.78, 5) is 28.2. The average molecular weight is 341 g/mol. The SMILES string of the molecule is Cc1ncc(-c2cncc(C3CCCN(C(=O)C(C)(C)C)C3)n2)n1C. The molecule has 3 rings (SSSR count). The number of amides is 1. The van der Waals surface area contributed by atoms with Crippen molar-refractivity contribution >= 4 is 5.91 Å². The lowest BCUT2D eigenvalue weighted by molar-refractivity contribution is -0.140. The molecule has 1 atom stereocenters. The van der Waals surface area contributed by atoms with Gasteiger partial charge in [-0.2, -0.15) is 0 Å². The molecule has 134 valence electrons. The fourth-order valence-electron chi connectivity index (χ4n) is 3.32. The highest BCUT2D eigenvalue weighted by molar-refractivity contribution is 5.81. The van der Waals surface area contributed by atoms with Crippen LogP contribution in [0.5, 0.6) is 0 Å². The van der Waals surface area contributed by atoms with Crippen molar-refractivity contribution in [3.8, 4) is 11.4 Å². The topological polar surface area (TPSA) is 63.9 Å².